The zero-order valence-corrected chi connectivity index (χ0v) is 13.4. The van der Waals surface area contributed by atoms with Crippen molar-refractivity contribution in [1.82, 2.24) is 10.2 Å². The number of nitrogens with zero attached hydrogens (tertiary/aromatic N) is 1. The van der Waals surface area contributed by atoms with Gasteiger partial charge in [-0.25, -0.2) is 4.39 Å². The van der Waals surface area contributed by atoms with Crippen LogP contribution >= 0.6 is 24.0 Å². The summed E-state index contributed by atoms with van der Waals surface area (Å²) in [6.45, 7) is 7.28. The highest BCUT2D eigenvalue weighted by molar-refractivity contribution is 6.30. The van der Waals surface area contributed by atoms with Gasteiger partial charge >= 0.3 is 0 Å². The van der Waals surface area contributed by atoms with E-state index in [1.54, 1.807) is 6.07 Å². The number of halogens is 3. The van der Waals surface area contributed by atoms with E-state index in [0.717, 1.165) is 44.2 Å². The average Bonchev–Trinajstić information content (AvgIpc) is 2.37. The van der Waals surface area contributed by atoms with Crippen molar-refractivity contribution in [3.05, 3.63) is 34.6 Å². The Hall–Kier alpha value is -0.350. The molecule has 0 aromatic heterocycles. The lowest BCUT2D eigenvalue weighted by atomic mass is 9.96. The first-order valence-electron chi connectivity index (χ1n) is 7.05. The first kappa shape index (κ1) is 17.7. The minimum Gasteiger partial charge on any atom is -0.317 e. The maximum Gasteiger partial charge on any atom is 0.125 e. The summed E-state index contributed by atoms with van der Waals surface area (Å²) in [4.78, 5) is 2.38. The zero-order chi connectivity index (χ0) is 13.7. The number of rotatable bonds is 5. The molecule has 114 valence electrons. The lowest BCUT2D eigenvalue weighted by Crippen LogP contribution is -2.36. The molecule has 0 radical (unpaired) electrons. The van der Waals surface area contributed by atoms with E-state index in [-0.39, 0.29) is 18.2 Å². The van der Waals surface area contributed by atoms with E-state index in [1.807, 2.05) is 6.07 Å². The first-order chi connectivity index (χ1) is 9.17. The molecule has 20 heavy (non-hydrogen) atoms. The quantitative estimate of drug-likeness (QED) is 0.889. The van der Waals surface area contributed by atoms with Crippen molar-refractivity contribution in [1.29, 1.82) is 0 Å². The third-order valence-electron chi connectivity index (χ3n) is 3.72. The van der Waals surface area contributed by atoms with E-state index in [0.29, 0.717) is 5.02 Å². The van der Waals surface area contributed by atoms with Gasteiger partial charge in [-0.1, -0.05) is 18.5 Å². The Kier molecular flexibility index (Phi) is 7.82. The fourth-order valence-electron chi connectivity index (χ4n) is 2.66. The molecule has 0 spiro atoms. The van der Waals surface area contributed by atoms with E-state index in [2.05, 4.69) is 17.1 Å². The molecule has 1 aliphatic heterocycles. The SMILES string of the molecule is CCNCC1CCN(Cc2cc(F)cc(Cl)c2)CC1.Cl. The molecule has 1 heterocycles. The molecule has 1 aromatic carbocycles. The van der Waals surface area contributed by atoms with Crippen LogP contribution in [0.3, 0.4) is 0 Å². The van der Waals surface area contributed by atoms with Gasteiger partial charge in [0.1, 0.15) is 5.82 Å². The minimum absolute atomic E-state index is 0. The maximum absolute atomic E-state index is 13.3. The average molecular weight is 321 g/mol. The highest BCUT2D eigenvalue weighted by atomic mass is 35.5. The van der Waals surface area contributed by atoms with Gasteiger partial charge in [0, 0.05) is 11.6 Å². The molecule has 1 fully saturated rings. The second kappa shape index (κ2) is 8.83. The molecule has 0 atom stereocenters. The molecule has 0 aliphatic carbocycles. The van der Waals surface area contributed by atoms with E-state index < -0.39 is 0 Å². The van der Waals surface area contributed by atoms with Gasteiger partial charge in [0.2, 0.25) is 0 Å². The first-order valence-corrected chi connectivity index (χ1v) is 7.43. The summed E-state index contributed by atoms with van der Waals surface area (Å²) >= 11 is 5.88. The van der Waals surface area contributed by atoms with Crippen LogP contribution in [-0.4, -0.2) is 31.1 Å². The van der Waals surface area contributed by atoms with Crippen molar-refractivity contribution in [3.8, 4) is 0 Å². The van der Waals surface area contributed by atoms with Gasteiger partial charge in [0.25, 0.3) is 0 Å². The predicted molar refractivity (Wildman–Crippen MR) is 85.2 cm³/mol. The van der Waals surface area contributed by atoms with Crippen LogP contribution in [-0.2, 0) is 6.54 Å². The Balaban J connectivity index is 0.00000200. The molecule has 1 saturated heterocycles. The summed E-state index contributed by atoms with van der Waals surface area (Å²) in [6, 6.07) is 4.79. The topological polar surface area (TPSA) is 15.3 Å². The van der Waals surface area contributed by atoms with Gasteiger partial charge in [-0.05, 0) is 68.7 Å². The second-order valence-corrected chi connectivity index (χ2v) is 5.74. The van der Waals surface area contributed by atoms with Crippen LogP contribution in [0.1, 0.15) is 25.3 Å². The van der Waals surface area contributed by atoms with E-state index in [9.17, 15) is 4.39 Å². The van der Waals surface area contributed by atoms with Gasteiger partial charge in [-0.15, -0.1) is 12.4 Å². The van der Waals surface area contributed by atoms with E-state index in [4.69, 9.17) is 11.6 Å². The predicted octanol–water partition coefficient (Wildman–Crippen LogP) is 3.72. The molecular weight excluding hydrogens is 298 g/mol. The highest BCUT2D eigenvalue weighted by Crippen LogP contribution is 2.20. The Morgan fingerprint density at radius 3 is 2.60 bits per heavy atom. The number of nitrogens with one attached hydrogen (secondary N) is 1. The molecule has 0 amide bonds. The molecule has 0 saturated carbocycles. The Morgan fingerprint density at radius 2 is 2.00 bits per heavy atom. The molecule has 5 heteroatoms. The lowest BCUT2D eigenvalue weighted by molar-refractivity contribution is 0.175. The van der Waals surface area contributed by atoms with Gasteiger partial charge in [0.05, 0.1) is 0 Å². The summed E-state index contributed by atoms with van der Waals surface area (Å²) in [5.41, 5.74) is 0.968. The van der Waals surface area contributed by atoms with Crippen LogP contribution < -0.4 is 5.32 Å². The summed E-state index contributed by atoms with van der Waals surface area (Å²) < 4.78 is 13.3. The fourth-order valence-corrected chi connectivity index (χ4v) is 2.90. The van der Waals surface area contributed by atoms with Crippen molar-refractivity contribution >= 4 is 24.0 Å². The van der Waals surface area contributed by atoms with Gasteiger partial charge < -0.3 is 5.32 Å². The lowest BCUT2D eigenvalue weighted by Gasteiger charge is -2.32. The largest absolute Gasteiger partial charge is 0.317 e. The van der Waals surface area contributed by atoms with Crippen molar-refractivity contribution < 1.29 is 4.39 Å². The molecule has 2 nitrogen and oxygen atoms in total. The molecule has 1 N–H and O–H groups in total. The van der Waals surface area contributed by atoms with Crippen LogP contribution in [0.15, 0.2) is 18.2 Å². The fraction of sp³-hybridized carbons (Fsp3) is 0.600. The number of benzene rings is 1. The van der Waals surface area contributed by atoms with Crippen molar-refractivity contribution in [3.63, 3.8) is 0 Å². The highest BCUT2D eigenvalue weighted by Gasteiger charge is 2.18. The van der Waals surface area contributed by atoms with Crippen molar-refractivity contribution in [2.45, 2.75) is 26.3 Å². The minimum atomic E-state index is -0.246. The van der Waals surface area contributed by atoms with E-state index >= 15 is 0 Å². The normalized spacial score (nSPS) is 16.9. The number of hydrogen-bond donors (Lipinski definition) is 1. The van der Waals surface area contributed by atoms with Crippen molar-refractivity contribution in [2.24, 2.45) is 5.92 Å². The van der Waals surface area contributed by atoms with Crippen LogP contribution in [0, 0.1) is 11.7 Å². The third kappa shape index (κ3) is 5.57. The van der Waals surface area contributed by atoms with Gasteiger partial charge in [-0.2, -0.15) is 0 Å². The summed E-state index contributed by atoms with van der Waals surface area (Å²) in [6.07, 6.45) is 2.44. The summed E-state index contributed by atoms with van der Waals surface area (Å²) in [5.74, 6) is 0.539. The van der Waals surface area contributed by atoms with Gasteiger partial charge in [-0.3, -0.25) is 4.90 Å². The monoisotopic (exact) mass is 320 g/mol. The number of likely N-dealkylation sites (tertiary alicyclic amines) is 1. The van der Waals surface area contributed by atoms with Crippen molar-refractivity contribution in [2.75, 3.05) is 26.2 Å². The van der Waals surface area contributed by atoms with Gasteiger partial charge in [0.15, 0.2) is 0 Å². The smallest absolute Gasteiger partial charge is 0.125 e. The van der Waals surface area contributed by atoms with Crippen LogP contribution in [0.5, 0.6) is 0 Å². The van der Waals surface area contributed by atoms with Crippen LogP contribution in [0.2, 0.25) is 5.02 Å². The zero-order valence-electron chi connectivity index (χ0n) is 11.9. The Morgan fingerprint density at radius 1 is 1.30 bits per heavy atom. The molecule has 0 unspecified atom stereocenters. The number of hydrogen-bond acceptors (Lipinski definition) is 2. The molecule has 1 aromatic rings. The second-order valence-electron chi connectivity index (χ2n) is 5.30. The van der Waals surface area contributed by atoms with Crippen LogP contribution in [0.25, 0.3) is 0 Å². The Bertz CT molecular complexity index is 387. The summed E-state index contributed by atoms with van der Waals surface area (Å²) in [5, 5.41) is 3.90. The number of piperidine rings is 1. The molecule has 2 rings (SSSR count). The van der Waals surface area contributed by atoms with E-state index in [1.165, 1.54) is 18.9 Å². The third-order valence-corrected chi connectivity index (χ3v) is 3.94. The maximum atomic E-state index is 13.3. The van der Waals surface area contributed by atoms with Crippen LogP contribution in [0.4, 0.5) is 4.39 Å². The molecule has 1 aliphatic rings. The molecular formula is C15H23Cl2FN2. The molecule has 0 bridgehead atoms. The summed E-state index contributed by atoms with van der Waals surface area (Å²) in [7, 11) is 0. The standard InChI is InChI=1S/C15H22ClFN2.ClH/c1-2-18-10-12-3-5-19(6-4-12)11-13-7-14(16)9-15(17)8-13;/h7-9,12,18H,2-6,10-11H2,1H3;1H. The Labute approximate surface area is 132 Å².